The average molecular weight is 424 g/mol. The summed E-state index contributed by atoms with van der Waals surface area (Å²) in [6.07, 6.45) is -0.800. The lowest BCUT2D eigenvalue weighted by atomic mass is 10.0. The number of aromatic hydroxyl groups is 1. The first-order valence-electron chi connectivity index (χ1n) is 8.85. The lowest BCUT2D eigenvalue weighted by molar-refractivity contribution is -0.147. The fraction of sp³-hybridized carbons (Fsp3) is 0.389. The summed E-state index contributed by atoms with van der Waals surface area (Å²) in [4.78, 5) is 57.9. The Hall–Kier alpha value is -3.67. The van der Waals surface area contributed by atoms with Gasteiger partial charge in [0.1, 0.15) is 17.8 Å². The van der Waals surface area contributed by atoms with Gasteiger partial charge in [0.05, 0.1) is 19.0 Å². The second kappa shape index (κ2) is 11.4. The van der Waals surface area contributed by atoms with E-state index in [2.05, 4.69) is 10.6 Å². The second-order valence-electron chi connectivity index (χ2n) is 6.49. The molecule has 0 fully saturated rings. The number of carbonyl (C=O) groups is 5. The van der Waals surface area contributed by atoms with Gasteiger partial charge in [-0.25, -0.2) is 4.79 Å². The number of rotatable bonds is 11. The van der Waals surface area contributed by atoms with Crippen molar-refractivity contribution < 1.29 is 39.3 Å². The molecule has 3 amide bonds. The quantitative estimate of drug-likeness (QED) is 0.208. The van der Waals surface area contributed by atoms with Crippen molar-refractivity contribution in [3.63, 3.8) is 0 Å². The number of phenols is 1. The number of carboxylic acid groups (broad SMARTS) is 2. The van der Waals surface area contributed by atoms with E-state index >= 15 is 0 Å². The summed E-state index contributed by atoms with van der Waals surface area (Å²) in [6, 6.07) is 2.25. The van der Waals surface area contributed by atoms with Gasteiger partial charge in [-0.1, -0.05) is 12.1 Å². The lowest BCUT2D eigenvalue weighted by Crippen LogP contribution is -2.53. The molecule has 0 spiro atoms. The molecule has 1 rings (SSSR count). The van der Waals surface area contributed by atoms with E-state index in [1.165, 1.54) is 19.1 Å². The molecule has 0 radical (unpaired) electrons. The predicted molar refractivity (Wildman–Crippen MR) is 102 cm³/mol. The molecule has 12 heteroatoms. The number of nitrogens with two attached hydrogens (primary N) is 1. The molecular formula is C18H24N4O8. The first-order valence-corrected chi connectivity index (χ1v) is 8.85. The van der Waals surface area contributed by atoms with E-state index in [-0.39, 0.29) is 12.2 Å². The van der Waals surface area contributed by atoms with Crippen LogP contribution in [0.25, 0.3) is 0 Å². The summed E-state index contributed by atoms with van der Waals surface area (Å²) in [6.45, 7) is 0.787. The zero-order valence-corrected chi connectivity index (χ0v) is 16.1. The van der Waals surface area contributed by atoms with Gasteiger partial charge in [0.2, 0.25) is 17.7 Å². The van der Waals surface area contributed by atoms with Crippen molar-refractivity contribution in [2.75, 3.05) is 6.54 Å². The molecule has 12 nitrogen and oxygen atoms in total. The first-order chi connectivity index (χ1) is 14.0. The second-order valence-corrected chi connectivity index (χ2v) is 6.49. The molecule has 0 aliphatic carbocycles. The summed E-state index contributed by atoms with van der Waals surface area (Å²) >= 11 is 0. The Morgan fingerprint density at radius 1 is 0.967 bits per heavy atom. The van der Waals surface area contributed by atoms with Crippen LogP contribution in [0.15, 0.2) is 24.3 Å². The SMILES string of the molecule is CC(N)C(=O)NC(Cc1ccc(O)cc1)C(=O)NCC(=O)NC(CC(=O)O)C(=O)O. The van der Waals surface area contributed by atoms with Crippen LogP contribution in [0.1, 0.15) is 18.9 Å². The van der Waals surface area contributed by atoms with Crippen LogP contribution >= 0.6 is 0 Å². The van der Waals surface area contributed by atoms with Crippen molar-refractivity contribution >= 4 is 29.7 Å². The molecule has 0 saturated heterocycles. The molecular weight excluding hydrogens is 400 g/mol. The van der Waals surface area contributed by atoms with Gasteiger partial charge in [0, 0.05) is 6.42 Å². The number of aliphatic carboxylic acids is 2. The Labute approximate surface area is 171 Å². The summed E-state index contributed by atoms with van der Waals surface area (Å²) in [5.74, 6) is -5.20. The minimum atomic E-state index is -1.66. The molecule has 1 aromatic carbocycles. The maximum absolute atomic E-state index is 12.5. The van der Waals surface area contributed by atoms with Crippen LogP contribution in [0.5, 0.6) is 5.75 Å². The number of phenolic OH excluding ortho intramolecular Hbond substituents is 1. The molecule has 0 aliphatic rings. The van der Waals surface area contributed by atoms with Gasteiger partial charge in [0.25, 0.3) is 0 Å². The van der Waals surface area contributed by atoms with Crippen LogP contribution in [-0.2, 0) is 30.4 Å². The molecule has 8 N–H and O–H groups in total. The molecule has 3 atom stereocenters. The number of carbonyl (C=O) groups excluding carboxylic acids is 3. The Balaban J connectivity index is 2.76. The minimum absolute atomic E-state index is 0.0189. The monoisotopic (exact) mass is 424 g/mol. The van der Waals surface area contributed by atoms with E-state index < -0.39 is 60.8 Å². The highest BCUT2D eigenvalue weighted by Gasteiger charge is 2.25. The molecule has 0 heterocycles. The number of hydrogen-bond donors (Lipinski definition) is 7. The van der Waals surface area contributed by atoms with Crippen molar-refractivity contribution in [2.24, 2.45) is 5.73 Å². The van der Waals surface area contributed by atoms with E-state index in [4.69, 9.17) is 15.9 Å². The topological polar surface area (TPSA) is 208 Å². The highest BCUT2D eigenvalue weighted by atomic mass is 16.4. The predicted octanol–water partition coefficient (Wildman–Crippen LogP) is -2.07. The smallest absolute Gasteiger partial charge is 0.326 e. The summed E-state index contributed by atoms with van der Waals surface area (Å²) in [5, 5.41) is 33.6. The third-order valence-corrected chi connectivity index (χ3v) is 3.86. The van der Waals surface area contributed by atoms with Crippen LogP contribution in [0, 0.1) is 0 Å². The number of nitrogens with one attached hydrogen (secondary N) is 3. The summed E-state index contributed by atoms with van der Waals surface area (Å²) in [7, 11) is 0. The molecule has 164 valence electrons. The first kappa shape index (κ1) is 24.4. The maximum Gasteiger partial charge on any atom is 0.326 e. The van der Waals surface area contributed by atoms with E-state index in [1.807, 2.05) is 5.32 Å². The summed E-state index contributed by atoms with van der Waals surface area (Å²) < 4.78 is 0. The van der Waals surface area contributed by atoms with Crippen LogP contribution in [0.3, 0.4) is 0 Å². The Morgan fingerprint density at radius 2 is 1.57 bits per heavy atom. The third-order valence-electron chi connectivity index (χ3n) is 3.86. The molecule has 0 bridgehead atoms. The largest absolute Gasteiger partial charge is 0.508 e. The van der Waals surface area contributed by atoms with E-state index in [0.717, 1.165) is 0 Å². The highest BCUT2D eigenvalue weighted by Crippen LogP contribution is 2.11. The molecule has 1 aromatic rings. The van der Waals surface area contributed by atoms with Crippen molar-refractivity contribution in [1.29, 1.82) is 0 Å². The van der Waals surface area contributed by atoms with E-state index in [0.29, 0.717) is 5.56 Å². The van der Waals surface area contributed by atoms with Gasteiger partial charge in [0.15, 0.2) is 0 Å². The van der Waals surface area contributed by atoms with Crippen LogP contribution in [0.4, 0.5) is 0 Å². The normalized spacial score (nSPS) is 13.4. The molecule has 0 aliphatic heterocycles. The fourth-order valence-corrected chi connectivity index (χ4v) is 2.29. The maximum atomic E-state index is 12.5. The van der Waals surface area contributed by atoms with Gasteiger partial charge in [-0.15, -0.1) is 0 Å². The van der Waals surface area contributed by atoms with E-state index in [9.17, 15) is 29.1 Å². The zero-order valence-electron chi connectivity index (χ0n) is 16.1. The van der Waals surface area contributed by atoms with Crippen LogP contribution in [0.2, 0.25) is 0 Å². The molecule has 0 aromatic heterocycles. The number of benzene rings is 1. The molecule has 3 unspecified atom stereocenters. The van der Waals surface area contributed by atoms with Crippen molar-refractivity contribution in [1.82, 2.24) is 16.0 Å². The van der Waals surface area contributed by atoms with Crippen molar-refractivity contribution in [2.45, 2.75) is 37.9 Å². The van der Waals surface area contributed by atoms with Gasteiger partial charge < -0.3 is 37.0 Å². The standard InChI is InChI=1S/C18H24N4O8/c1-9(19)16(27)22-12(6-10-2-4-11(23)5-3-10)17(28)20-8-14(24)21-13(18(29)30)7-15(25)26/h2-5,9,12-13,23H,6-8,19H2,1H3,(H,20,28)(H,21,24)(H,22,27)(H,25,26)(H,29,30). The Morgan fingerprint density at radius 3 is 2.07 bits per heavy atom. The summed E-state index contributed by atoms with van der Waals surface area (Å²) in [5.41, 5.74) is 6.10. The Kier molecular flexibility index (Phi) is 9.23. The highest BCUT2D eigenvalue weighted by molar-refractivity contribution is 5.93. The van der Waals surface area contributed by atoms with Crippen LogP contribution in [-0.4, -0.2) is 69.7 Å². The van der Waals surface area contributed by atoms with Gasteiger partial charge in [-0.05, 0) is 24.6 Å². The van der Waals surface area contributed by atoms with E-state index in [1.54, 1.807) is 12.1 Å². The molecule has 0 saturated carbocycles. The minimum Gasteiger partial charge on any atom is -0.508 e. The van der Waals surface area contributed by atoms with Crippen LogP contribution < -0.4 is 21.7 Å². The van der Waals surface area contributed by atoms with Gasteiger partial charge in [-0.3, -0.25) is 19.2 Å². The number of carboxylic acids is 2. The van der Waals surface area contributed by atoms with Gasteiger partial charge >= 0.3 is 11.9 Å². The number of hydrogen-bond acceptors (Lipinski definition) is 7. The number of amides is 3. The van der Waals surface area contributed by atoms with Crippen molar-refractivity contribution in [3.05, 3.63) is 29.8 Å². The molecule has 30 heavy (non-hydrogen) atoms. The Bertz CT molecular complexity index is 794. The zero-order chi connectivity index (χ0) is 22.8. The fourth-order valence-electron chi connectivity index (χ4n) is 2.29. The average Bonchev–Trinajstić information content (AvgIpc) is 2.66. The third kappa shape index (κ3) is 8.56. The van der Waals surface area contributed by atoms with Crippen molar-refractivity contribution in [3.8, 4) is 5.75 Å². The lowest BCUT2D eigenvalue weighted by Gasteiger charge is -2.20. The van der Waals surface area contributed by atoms with Gasteiger partial charge in [-0.2, -0.15) is 0 Å².